The fraction of sp³-hybridized carbons (Fsp3) is 0.889. The van der Waals surface area contributed by atoms with E-state index in [1.807, 2.05) is 13.8 Å². The van der Waals surface area contributed by atoms with E-state index in [4.69, 9.17) is 0 Å². The highest BCUT2D eigenvalue weighted by Crippen LogP contribution is 2.19. The summed E-state index contributed by atoms with van der Waals surface area (Å²) in [4.78, 5) is 12.5. The Balaban J connectivity index is 2.68. The molecule has 1 saturated heterocycles. The van der Waals surface area contributed by atoms with Gasteiger partial charge in [-0.25, -0.2) is 8.42 Å². The van der Waals surface area contributed by atoms with Crippen molar-refractivity contribution in [2.45, 2.75) is 38.8 Å². The molecule has 1 amide bonds. The van der Waals surface area contributed by atoms with Gasteiger partial charge in [0.25, 0.3) is 0 Å². The molecule has 0 bridgehead atoms. The molecule has 1 heterocycles. The molecule has 0 radical (unpaired) electrons. The maximum absolute atomic E-state index is 11.2. The Kier molecular flexibility index (Phi) is 3.53. The fourth-order valence-electron chi connectivity index (χ4n) is 1.77. The van der Waals surface area contributed by atoms with Crippen molar-refractivity contribution >= 4 is 16.2 Å². The maximum atomic E-state index is 11.2. The number of nitrogens with zero attached hydrogens (tertiary/aromatic N) is 1. The molecule has 0 aromatic rings. The van der Waals surface area contributed by atoms with Gasteiger partial charge in [0, 0.05) is 12.1 Å². The molecule has 0 aromatic carbocycles. The van der Waals surface area contributed by atoms with Crippen molar-refractivity contribution in [1.29, 1.82) is 0 Å². The van der Waals surface area contributed by atoms with Crippen LogP contribution in [0.3, 0.4) is 0 Å². The molecular formula is C9H17NO3S. The first-order valence-corrected chi connectivity index (χ1v) is 6.75. The minimum absolute atomic E-state index is 0.104. The molecule has 1 fully saturated rings. The number of amides is 1. The zero-order chi connectivity index (χ0) is 10.8. The highest BCUT2D eigenvalue weighted by molar-refractivity contribution is 7.91. The first-order valence-electron chi connectivity index (χ1n) is 4.93. The van der Waals surface area contributed by atoms with Gasteiger partial charge in [-0.3, -0.25) is 4.79 Å². The van der Waals surface area contributed by atoms with E-state index < -0.39 is 9.84 Å². The Morgan fingerprint density at radius 1 is 1.57 bits per heavy atom. The monoisotopic (exact) mass is 219 g/mol. The summed E-state index contributed by atoms with van der Waals surface area (Å²) in [6, 6.07) is 0.0262. The van der Waals surface area contributed by atoms with E-state index in [-0.39, 0.29) is 23.6 Å². The molecule has 2 atom stereocenters. The smallest absolute Gasteiger partial charge is 0.210 e. The zero-order valence-corrected chi connectivity index (χ0v) is 9.46. The summed E-state index contributed by atoms with van der Waals surface area (Å²) in [5.41, 5.74) is 0. The molecule has 1 aliphatic rings. The normalized spacial score (nSPS) is 27.1. The van der Waals surface area contributed by atoms with E-state index >= 15 is 0 Å². The van der Waals surface area contributed by atoms with Crippen molar-refractivity contribution in [1.82, 2.24) is 4.90 Å². The van der Waals surface area contributed by atoms with Crippen LogP contribution in [0.5, 0.6) is 0 Å². The van der Waals surface area contributed by atoms with Crippen LogP contribution >= 0.6 is 0 Å². The zero-order valence-electron chi connectivity index (χ0n) is 8.64. The predicted octanol–water partition coefficient (Wildman–Crippen LogP) is 0.430. The summed E-state index contributed by atoms with van der Waals surface area (Å²) in [6.45, 7) is 3.93. The second-order valence-electron chi connectivity index (χ2n) is 3.87. The fourth-order valence-corrected chi connectivity index (χ4v) is 3.49. The molecule has 14 heavy (non-hydrogen) atoms. The summed E-state index contributed by atoms with van der Waals surface area (Å²) >= 11 is 0. The average molecular weight is 219 g/mol. The molecule has 0 N–H and O–H groups in total. The molecule has 0 spiro atoms. The third-order valence-electron chi connectivity index (χ3n) is 2.85. The summed E-state index contributed by atoms with van der Waals surface area (Å²) in [6.07, 6.45) is 2.22. The molecule has 0 saturated carbocycles. The first-order chi connectivity index (χ1) is 6.50. The minimum atomic E-state index is -2.89. The van der Waals surface area contributed by atoms with Gasteiger partial charge in [-0.15, -0.1) is 0 Å². The van der Waals surface area contributed by atoms with E-state index in [9.17, 15) is 13.2 Å². The van der Waals surface area contributed by atoms with E-state index in [1.54, 1.807) is 4.90 Å². The van der Waals surface area contributed by atoms with Crippen LogP contribution in [0.15, 0.2) is 0 Å². The van der Waals surface area contributed by atoms with Crippen LogP contribution in [0.25, 0.3) is 0 Å². The topological polar surface area (TPSA) is 54.5 Å². The van der Waals surface area contributed by atoms with Gasteiger partial charge in [0.2, 0.25) is 6.41 Å². The Hall–Kier alpha value is -0.580. The maximum Gasteiger partial charge on any atom is 0.210 e. The van der Waals surface area contributed by atoms with Crippen LogP contribution in [0.2, 0.25) is 0 Å². The van der Waals surface area contributed by atoms with Crippen molar-refractivity contribution in [3.05, 3.63) is 0 Å². The Morgan fingerprint density at radius 3 is 2.57 bits per heavy atom. The molecular weight excluding hydrogens is 202 g/mol. The predicted molar refractivity (Wildman–Crippen MR) is 54.7 cm³/mol. The van der Waals surface area contributed by atoms with Crippen LogP contribution in [-0.4, -0.2) is 43.3 Å². The molecule has 4 nitrogen and oxygen atoms in total. The SMILES string of the molecule is CC[C@H](C)N(C=O)[C@@H]1CCS(=O)(=O)C1. The largest absolute Gasteiger partial charge is 0.339 e. The molecule has 82 valence electrons. The molecule has 0 unspecified atom stereocenters. The van der Waals surface area contributed by atoms with Gasteiger partial charge in [0.15, 0.2) is 9.84 Å². The van der Waals surface area contributed by atoms with Gasteiger partial charge in [0.1, 0.15) is 0 Å². The number of carbonyl (C=O) groups excluding carboxylic acids is 1. The lowest BCUT2D eigenvalue weighted by molar-refractivity contribution is -0.121. The van der Waals surface area contributed by atoms with Crippen LogP contribution < -0.4 is 0 Å². The van der Waals surface area contributed by atoms with Crippen molar-refractivity contribution in [2.75, 3.05) is 11.5 Å². The number of hydrogen-bond donors (Lipinski definition) is 0. The van der Waals surface area contributed by atoms with Crippen molar-refractivity contribution in [3.8, 4) is 0 Å². The Labute approximate surface area is 85.2 Å². The lowest BCUT2D eigenvalue weighted by Crippen LogP contribution is -2.41. The third-order valence-corrected chi connectivity index (χ3v) is 4.60. The van der Waals surface area contributed by atoms with Crippen LogP contribution in [0.4, 0.5) is 0 Å². The van der Waals surface area contributed by atoms with Gasteiger partial charge in [0.05, 0.1) is 11.5 Å². The molecule has 0 aromatic heterocycles. The van der Waals surface area contributed by atoms with Gasteiger partial charge >= 0.3 is 0 Å². The van der Waals surface area contributed by atoms with Crippen molar-refractivity contribution in [2.24, 2.45) is 0 Å². The lowest BCUT2D eigenvalue weighted by Gasteiger charge is -2.29. The third kappa shape index (κ3) is 2.47. The number of hydrogen-bond acceptors (Lipinski definition) is 3. The molecule has 1 rings (SSSR count). The van der Waals surface area contributed by atoms with Crippen LogP contribution in [-0.2, 0) is 14.6 Å². The van der Waals surface area contributed by atoms with E-state index in [0.29, 0.717) is 6.42 Å². The van der Waals surface area contributed by atoms with E-state index in [1.165, 1.54) is 0 Å². The number of rotatable bonds is 4. The van der Waals surface area contributed by atoms with Gasteiger partial charge in [-0.2, -0.15) is 0 Å². The Morgan fingerprint density at radius 2 is 2.21 bits per heavy atom. The first kappa shape index (κ1) is 11.5. The lowest BCUT2D eigenvalue weighted by atomic mass is 10.1. The molecule has 5 heteroatoms. The van der Waals surface area contributed by atoms with Gasteiger partial charge in [-0.1, -0.05) is 6.92 Å². The summed E-state index contributed by atoms with van der Waals surface area (Å²) < 4.78 is 22.5. The second kappa shape index (κ2) is 4.29. The highest BCUT2D eigenvalue weighted by Gasteiger charge is 2.33. The second-order valence-corrected chi connectivity index (χ2v) is 6.10. The number of sulfone groups is 1. The van der Waals surface area contributed by atoms with Crippen molar-refractivity contribution < 1.29 is 13.2 Å². The quantitative estimate of drug-likeness (QED) is 0.644. The van der Waals surface area contributed by atoms with Crippen LogP contribution in [0.1, 0.15) is 26.7 Å². The highest BCUT2D eigenvalue weighted by atomic mass is 32.2. The summed E-state index contributed by atoms with van der Waals surface area (Å²) in [5.74, 6) is 0.356. The van der Waals surface area contributed by atoms with Gasteiger partial charge in [-0.05, 0) is 19.8 Å². The summed E-state index contributed by atoms with van der Waals surface area (Å²) in [7, 11) is -2.89. The minimum Gasteiger partial charge on any atom is -0.339 e. The Bertz CT molecular complexity index is 299. The van der Waals surface area contributed by atoms with E-state index in [2.05, 4.69) is 0 Å². The average Bonchev–Trinajstić information content (AvgIpc) is 2.47. The molecule has 0 aliphatic carbocycles. The molecule has 1 aliphatic heterocycles. The van der Waals surface area contributed by atoms with Gasteiger partial charge < -0.3 is 4.90 Å². The standard InChI is InChI=1S/C9H17NO3S/c1-3-8(2)10(7-11)9-4-5-14(12,13)6-9/h7-9H,3-6H2,1-2H3/t8-,9+/m0/s1. The number of carbonyl (C=O) groups is 1. The summed E-state index contributed by atoms with van der Waals surface area (Å²) in [5, 5.41) is 0. The van der Waals surface area contributed by atoms with E-state index in [0.717, 1.165) is 12.8 Å². The van der Waals surface area contributed by atoms with Crippen LogP contribution in [0, 0.1) is 0 Å². The van der Waals surface area contributed by atoms with Crippen molar-refractivity contribution in [3.63, 3.8) is 0 Å².